The van der Waals surface area contributed by atoms with Crippen LogP contribution < -0.4 is 0 Å². The summed E-state index contributed by atoms with van der Waals surface area (Å²) in [6, 6.07) is 21.1. The normalized spacial score (nSPS) is 11.6. The largest absolute Gasteiger partial charge is 0.522 e. The molecule has 0 aliphatic carbocycles. The SMILES string of the molecule is O=S(=O)(O)C(F)(F)F.[Ir].[c-]1ccc2c(oc3ccccc32)c1-c1ccccn1. The van der Waals surface area contributed by atoms with Crippen LogP contribution in [0.2, 0.25) is 0 Å². The molecule has 2 heterocycles. The minimum atomic E-state index is -5.84. The van der Waals surface area contributed by atoms with Gasteiger partial charge in [-0.15, -0.1) is 18.2 Å². The first-order chi connectivity index (χ1) is 12.7. The molecule has 0 atom stereocenters. The number of furan rings is 1. The summed E-state index contributed by atoms with van der Waals surface area (Å²) in [4.78, 5) is 4.38. The number of hydrogen-bond donors (Lipinski definition) is 1. The van der Waals surface area contributed by atoms with E-state index in [2.05, 4.69) is 17.1 Å². The van der Waals surface area contributed by atoms with Crippen LogP contribution in [-0.4, -0.2) is 23.5 Å². The quantitative estimate of drug-likeness (QED) is 0.196. The average molecular weight is 587 g/mol. The van der Waals surface area contributed by atoms with Crippen molar-refractivity contribution in [2.45, 2.75) is 5.51 Å². The third-order valence-corrected chi connectivity index (χ3v) is 4.14. The van der Waals surface area contributed by atoms with Crippen molar-refractivity contribution in [2.24, 2.45) is 0 Å². The van der Waals surface area contributed by atoms with E-state index in [1.165, 1.54) is 0 Å². The van der Waals surface area contributed by atoms with E-state index >= 15 is 0 Å². The van der Waals surface area contributed by atoms with Crippen LogP contribution in [0, 0.1) is 6.07 Å². The van der Waals surface area contributed by atoms with E-state index < -0.39 is 15.6 Å². The summed E-state index contributed by atoms with van der Waals surface area (Å²) >= 11 is 0. The van der Waals surface area contributed by atoms with Crippen molar-refractivity contribution in [3.63, 3.8) is 0 Å². The Morgan fingerprint density at radius 3 is 2.25 bits per heavy atom. The Balaban J connectivity index is 0.000000270. The molecule has 4 rings (SSSR count). The van der Waals surface area contributed by atoms with E-state index in [0.29, 0.717) is 0 Å². The summed E-state index contributed by atoms with van der Waals surface area (Å²) < 4.78 is 63.5. The van der Waals surface area contributed by atoms with Gasteiger partial charge in [-0.25, -0.2) is 0 Å². The van der Waals surface area contributed by atoms with Gasteiger partial charge in [-0.3, -0.25) is 4.55 Å². The van der Waals surface area contributed by atoms with Gasteiger partial charge < -0.3 is 9.40 Å². The van der Waals surface area contributed by atoms with Crippen molar-refractivity contribution in [3.05, 3.63) is 66.9 Å². The molecule has 0 aliphatic heterocycles. The second kappa shape index (κ2) is 8.40. The fraction of sp³-hybridized carbons (Fsp3) is 0.0556. The van der Waals surface area contributed by atoms with Crippen molar-refractivity contribution >= 4 is 32.1 Å². The zero-order chi connectivity index (χ0) is 19.7. The Labute approximate surface area is 171 Å². The van der Waals surface area contributed by atoms with E-state index in [-0.39, 0.29) is 20.1 Å². The Morgan fingerprint density at radius 2 is 1.64 bits per heavy atom. The van der Waals surface area contributed by atoms with Gasteiger partial charge in [0.2, 0.25) is 0 Å². The Hall–Kier alpha value is -2.26. The molecule has 28 heavy (non-hydrogen) atoms. The van der Waals surface area contributed by atoms with Crippen LogP contribution in [-0.2, 0) is 30.2 Å². The Morgan fingerprint density at radius 1 is 1.00 bits per heavy atom. The molecule has 0 bridgehead atoms. The predicted molar refractivity (Wildman–Crippen MR) is 93.4 cm³/mol. The van der Waals surface area contributed by atoms with Gasteiger partial charge >= 0.3 is 15.6 Å². The third kappa shape index (κ3) is 4.59. The standard InChI is InChI=1S/C17H10NO.CHF3O3S.Ir/c1-2-10-16-12(6-1)13-7-5-8-14(17(13)19-16)15-9-3-4-11-18-15;2-1(3,4)8(5,6)7;/h1-7,9-11H;(H,5,6,7);/q-1;;. The average Bonchev–Trinajstić information content (AvgIpc) is 3.00. The first-order valence-electron chi connectivity index (χ1n) is 7.45. The molecule has 1 N–H and O–H groups in total. The van der Waals surface area contributed by atoms with Crippen molar-refractivity contribution in [3.8, 4) is 11.3 Å². The second-order valence-electron chi connectivity index (χ2n) is 5.33. The molecule has 0 fully saturated rings. The van der Waals surface area contributed by atoms with E-state index in [1.54, 1.807) is 6.20 Å². The summed E-state index contributed by atoms with van der Waals surface area (Å²) in [6.07, 6.45) is 1.78. The number of pyridine rings is 1. The molecule has 10 heteroatoms. The predicted octanol–water partition coefficient (Wildman–Crippen LogP) is 4.84. The summed E-state index contributed by atoms with van der Waals surface area (Å²) in [7, 11) is -5.84. The number of aromatic nitrogens is 1. The molecule has 0 spiro atoms. The monoisotopic (exact) mass is 587 g/mol. The number of halogens is 3. The molecule has 4 aromatic rings. The van der Waals surface area contributed by atoms with Gasteiger partial charge in [0, 0.05) is 31.7 Å². The third-order valence-electron chi connectivity index (χ3n) is 3.55. The molecular weight excluding hydrogens is 575 g/mol. The fourth-order valence-corrected chi connectivity index (χ4v) is 2.39. The van der Waals surface area contributed by atoms with Crippen LogP contribution in [0.4, 0.5) is 13.2 Å². The molecule has 2 aromatic carbocycles. The number of para-hydroxylation sites is 1. The minimum absolute atomic E-state index is 0. The van der Waals surface area contributed by atoms with Crippen LogP contribution in [0.15, 0.2) is 65.2 Å². The van der Waals surface area contributed by atoms with Gasteiger partial charge in [-0.05, 0) is 17.8 Å². The molecule has 0 amide bonds. The number of nitrogens with zero attached hydrogens (tertiary/aromatic N) is 1. The van der Waals surface area contributed by atoms with Crippen LogP contribution >= 0.6 is 0 Å². The number of hydrogen-bond acceptors (Lipinski definition) is 4. The van der Waals surface area contributed by atoms with E-state index in [4.69, 9.17) is 17.4 Å². The number of rotatable bonds is 1. The van der Waals surface area contributed by atoms with E-state index in [0.717, 1.165) is 33.2 Å². The van der Waals surface area contributed by atoms with Gasteiger partial charge in [-0.2, -0.15) is 21.6 Å². The second-order valence-corrected chi connectivity index (χ2v) is 6.74. The summed E-state index contributed by atoms with van der Waals surface area (Å²) in [5.41, 5.74) is -1.99. The van der Waals surface area contributed by atoms with E-state index in [1.807, 2.05) is 48.5 Å². The molecule has 2 aromatic heterocycles. The number of benzene rings is 2. The van der Waals surface area contributed by atoms with Crippen LogP contribution in [0.5, 0.6) is 0 Å². The molecule has 0 saturated heterocycles. The summed E-state index contributed by atoms with van der Waals surface area (Å²) in [6.45, 7) is 0. The van der Waals surface area contributed by atoms with E-state index in [9.17, 15) is 13.2 Å². The molecule has 5 nitrogen and oxygen atoms in total. The summed E-state index contributed by atoms with van der Waals surface area (Å²) in [5, 5.41) is 2.23. The smallest absolute Gasteiger partial charge is 0.501 e. The van der Waals surface area contributed by atoms with Crippen molar-refractivity contribution in [1.82, 2.24) is 4.98 Å². The maximum atomic E-state index is 10.7. The topological polar surface area (TPSA) is 80.4 Å². The maximum absolute atomic E-state index is 10.7. The zero-order valence-corrected chi connectivity index (χ0v) is 17.0. The molecule has 0 unspecified atom stereocenters. The van der Waals surface area contributed by atoms with Gasteiger partial charge in [0.05, 0.1) is 5.58 Å². The minimum Gasteiger partial charge on any atom is -0.501 e. The Kier molecular flexibility index (Phi) is 6.61. The molecule has 149 valence electrons. The van der Waals surface area contributed by atoms with Crippen molar-refractivity contribution < 1.29 is 50.7 Å². The molecule has 0 saturated carbocycles. The molecule has 1 radical (unpaired) electrons. The first kappa shape index (κ1) is 22.0. The zero-order valence-electron chi connectivity index (χ0n) is 13.8. The number of fused-ring (bicyclic) bond motifs is 3. The van der Waals surface area contributed by atoms with Crippen LogP contribution in [0.1, 0.15) is 0 Å². The summed E-state index contributed by atoms with van der Waals surface area (Å²) in [5.74, 6) is 0. The maximum Gasteiger partial charge on any atom is 0.522 e. The van der Waals surface area contributed by atoms with Crippen LogP contribution in [0.3, 0.4) is 0 Å². The van der Waals surface area contributed by atoms with Gasteiger partial charge in [0.25, 0.3) is 0 Å². The first-order valence-corrected chi connectivity index (χ1v) is 8.89. The Bertz CT molecular complexity index is 1190. The molecular formula is C18H11F3IrNO4S-. The van der Waals surface area contributed by atoms with Crippen molar-refractivity contribution in [1.29, 1.82) is 0 Å². The van der Waals surface area contributed by atoms with Gasteiger partial charge in [0.1, 0.15) is 5.58 Å². The molecule has 0 aliphatic rings. The van der Waals surface area contributed by atoms with Gasteiger partial charge in [0.15, 0.2) is 0 Å². The number of alkyl halides is 3. The van der Waals surface area contributed by atoms with Gasteiger partial charge in [-0.1, -0.05) is 41.3 Å². The fourth-order valence-electron chi connectivity index (χ4n) is 2.39. The van der Waals surface area contributed by atoms with Crippen molar-refractivity contribution in [2.75, 3.05) is 0 Å². The van der Waals surface area contributed by atoms with Crippen LogP contribution in [0.25, 0.3) is 33.2 Å².